The lowest BCUT2D eigenvalue weighted by Crippen LogP contribution is -2.43. The first kappa shape index (κ1) is 21.7. The average molecular weight is 473 g/mol. The van der Waals surface area contributed by atoms with Crippen molar-refractivity contribution in [1.29, 1.82) is 0 Å². The minimum atomic E-state index is -0.706. The monoisotopic (exact) mass is 472 g/mol. The van der Waals surface area contributed by atoms with Gasteiger partial charge in [0.25, 0.3) is 11.8 Å². The summed E-state index contributed by atoms with van der Waals surface area (Å²) in [6, 6.07) is 13.8. The molecule has 0 unspecified atom stereocenters. The highest BCUT2D eigenvalue weighted by Crippen LogP contribution is 2.42. The van der Waals surface area contributed by atoms with Crippen LogP contribution in [-0.2, 0) is 16.1 Å². The number of para-hydroxylation sites is 1. The molecule has 10 heteroatoms. The fourth-order valence-corrected chi connectivity index (χ4v) is 4.35. The summed E-state index contributed by atoms with van der Waals surface area (Å²) < 4.78 is 15.9. The number of benzene rings is 2. The van der Waals surface area contributed by atoms with Crippen LogP contribution in [0.4, 0.5) is 0 Å². The van der Waals surface area contributed by atoms with E-state index in [1.807, 2.05) is 24.3 Å². The predicted octanol–water partition coefficient (Wildman–Crippen LogP) is 3.59. The van der Waals surface area contributed by atoms with Crippen molar-refractivity contribution >= 4 is 40.7 Å². The van der Waals surface area contributed by atoms with Crippen LogP contribution in [0.3, 0.4) is 0 Å². The number of halogens is 1. The van der Waals surface area contributed by atoms with Gasteiger partial charge in [-0.15, -0.1) is 11.3 Å². The maximum atomic E-state index is 12.4. The van der Waals surface area contributed by atoms with Crippen LogP contribution in [0.2, 0.25) is 5.02 Å². The molecule has 0 spiro atoms. The van der Waals surface area contributed by atoms with Crippen LogP contribution >= 0.6 is 22.9 Å². The van der Waals surface area contributed by atoms with Crippen molar-refractivity contribution in [3.05, 3.63) is 69.6 Å². The number of esters is 1. The first-order chi connectivity index (χ1) is 15.5. The van der Waals surface area contributed by atoms with E-state index in [0.717, 1.165) is 21.8 Å². The van der Waals surface area contributed by atoms with Crippen molar-refractivity contribution in [3.63, 3.8) is 0 Å². The smallest absolute Gasteiger partial charge is 0.348 e. The third-order valence-corrected chi connectivity index (χ3v) is 6.01. The molecule has 2 heterocycles. The zero-order valence-corrected chi connectivity index (χ0v) is 18.3. The van der Waals surface area contributed by atoms with E-state index >= 15 is 0 Å². The molecular weight excluding hydrogens is 456 g/mol. The SMILES string of the molecule is COc1ccc(Cl)cc1C(=O)NNC(=O)COC(=O)c1cc2c(s1)-c1ccccc1OC2. The first-order valence-electron chi connectivity index (χ1n) is 9.41. The van der Waals surface area contributed by atoms with E-state index in [1.54, 1.807) is 12.1 Å². The minimum Gasteiger partial charge on any atom is -0.496 e. The molecule has 2 aromatic carbocycles. The predicted molar refractivity (Wildman–Crippen MR) is 118 cm³/mol. The fourth-order valence-electron chi connectivity index (χ4n) is 3.09. The Kier molecular flexibility index (Phi) is 6.29. The Hall–Kier alpha value is -3.56. The third-order valence-electron chi connectivity index (χ3n) is 4.58. The molecule has 1 aliphatic rings. The molecule has 1 aromatic heterocycles. The molecule has 2 N–H and O–H groups in total. The molecule has 4 rings (SSSR count). The average Bonchev–Trinajstić information content (AvgIpc) is 3.26. The summed E-state index contributed by atoms with van der Waals surface area (Å²) in [5.74, 6) is -0.927. The quantitative estimate of drug-likeness (QED) is 0.434. The van der Waals surface area contributed by atoms with Gasteiger partial charge >= 0.3 is 5.97 Å². The second-order valence-electron chi connectivity index (χ2n) is 6.67. The van der Waals surface area contributed by atoms with Crippen LogP contribution in [-0.4, -0.2) is 31.5 Å². The molecule has 0 bridgehead atoms. The van der Waals surface area contributed by atoms with E-state index in [4.69, 9.17) is 25.8 Å². The van der Waals surface area contributed by atoms with E-state index in [0.29, 0.717) is 22.3 Å². The number of fused-ring (bicyclic) bond motifs is 3. The van der Waals surface area contributed by atoms with Crippen molar-refractivity contribution in [2.45, 2.75) is 6.61 Å². The lowest BCUT2D eigenvalue weighted by Gasteiger charge is -2.16. The summed E-state index contributed by atoms with van der Waals surface area (Å²) in [4.78, 5) is 38.0. The molecule has 0 saturated heterocycles. The van der Waals surface area contributed by atoms with Crippen molar-refractivity contribution in [3.8, 4) is 21.9 Å². The van der Waals surface area contributed by atoms with Gasteiger partial charge < -0.3 is 14.2 Å². The van der Waals surface area contributed by atoms with E-state index in [2.05, 4.69) is 10.9 Å². The van der Waals surface area contributed by atoms with Gasteiger partial charge in [-0.2, -0.15) is 0 Å². The van der Waals surface area contributed by atoms with E-state index in [1.165, 1.54) is 30.6 Å². The number of methoxy groups -OCH3 is 1. The molecule has 0 radical (unpaired) electrons. The van der Waals surface area contributed by atoms with Crippen LogP contribution in [0.15, 0.2) is 48.5 Å². The van der Waals surface area contributed by atoms with Gasteiger partial charge in [-0.05, 0) is 36.4 Å². The largest absolute Gasteiger partial charge is 0.496 e. The molecule has 32 heavy (non-hydrogen) atoms. The Balaban J connectivity index is 1.33. The molecule has 164 valence electrons. The highest BCUT2D eigenvalue weighted by Gasteiger charge is 2.23. The van der Waals surface area contributed by atoms with E-state index in [9.17, 15) is 14.4 Å². The van der Waals surface area contributed by atoms with E-state index < -0.39 is 24.4 Å². The number of carbonyl (C=O) groups is 3. The summed E-state index contributed by atoms with van der Waals surface area (Å²) in [5.41, 5.74) is 6.36. The topological polar surface area (TPSA) is 103 Å². The van der Waals surface area contributed by atoms with Crippen LogP contribution in [0, 0.1) is 0 Å². The summed E-state index contributed by atoms with van der Waals surface area (Å²) >= 11 is 7.18. The van der Waals surface area contributed by atoms with Crippen LogP contribution in [0.1, 0.15) is 25.6 Å². The molecule has 1 aliphatic heterocycles. The van der Waals surface area contributed by atoms with Crippen LogP contribution in [0.25, 0.3) is 10.4 Å². The number of hydrogen-bond donors (Lipinski definition) is 2. The van der Waals surface area contributed by atoms with Crippen molar-refractivity contribution in [2.75, 3.05) is 13.7 Å². The fraction of sp³-hybridized carbons (Fsp3) is 0.136. The van der Waals surface area contributed by atoms with Crippen molar-refractivity contribution in [1.82, 2.24) is 10.9 Å². The number of nitrogens with one attached hydrogen (secondary N) is 2. The lowest BCUT2D eigenvalue weighted by molar-refractivity contribution is -0.125. The first-order valence-corrected chi connectivity index (χ1v) is 10.6. The Morgan fingerprint density at radius 3 is 2.75 bits per heavy atom. The van der Waals surface area contributed by atoms with Gasteiger partial charge in [0.05, 0.1) is 12.7 Å². The highest BCUT2D eigenvalue weighted by molar-refractivity contribution is 7.17. The number of amides is 2. The standard InChI is InChI=1S/C22H17ClN2O6S/c1-29-16-7-6-13(23)9-15(16)21(27)25-24-19(26)11-31-22(28)18-8-12-10-30-17-5-3-2-4-14(17)20(12)32-18/h2-9H,10-11H2,1H3,(H,24,26)(H,25,27). The number of carbonyl (C=O) groups excluding carboxylic acids is 3. The second kappa shape index (κ2) is 9.29. The summed E-state index contributed by atoms with van der Waals surface area (Å²) in [6.45, 7) is -0.211. The van der Waals surface area contributed by atoms with Gasteiger partial charge in [0.15, 0.2) is 6.61 Å². The molecule has 2 amide bonds. The summed E-state index contributed by atoms with van der Waals surface area (Å²) in [5, 5.41) is 0.336. The van der Waals surface area contributed by atoms with Gasteiger partial charge in [-0.1, -0.05) is 23.7 Å². The van der Waals surface area contributed by atoms with Crippen LogP contribution in [0.5, 0.6) is 11.5 Å². The summed E-state index contributed by atoms with van der Waals surface area (Å²) in [6.07, 6.45) is 0. The number of hydrogen-bond acceptors (Lipinski definition) is 7. The Morgan fingerprint density at radius 2 is 1.94 bits per heavy atom. The molecule has 0 atom stereocenters. The number of ether oxygens (including phenoxy) is 3. The molecule has 0 fully saturated rings. The summed E-state index contributed by atoms with van der Waals surface area (Å²) in [7, 11) is 1.41. The number of rotatable bonds is 5. The zero-order chi connectivity index (χ0) is 22.7. The maximum absolute atomic E-state index is 12.4. The zero-order valence-electron chi connectivity index (χ0n) is 16.8. The Bertz CT molecular complexity index is 1210. The normalized spacial score (nSPS) is 11.4. The maximum Gasteiger partial charge on any atom is 0.348 e. The number of thiophene rings is 1. The van der Waals surface area contributed by atoms with Gasteiger partial charge in [0.2, 0.25) is 0 Å². The van der Waals surface area contributed by atoms with Crippen LogP contribution < -0.4 is 20.3 Å². The molecule has 8 nitrogen and oxygen atoms in total. The molecular formula is C22H17ClN2O6S. The highest BCUT2D eigenvalue weighted by atomic mass is 35.5. The third kappa shape index (κ3) is 4.53. The van der Waals surface area contributed by atoms with Crippen molar-refractivity contribution in [2.24, 2.45) is 0 Å². The van der Waals surface area contributed by atoms with Gasteiger partial charge in [-0.3, -0.25) is 20.4 Å². The Labute approximate surface area is 192 Å². The lowest BCUT2D eigenvalue weighted by atomic mass is 10.1. The molecule has 0 aliphatic carbocycles. The molecule has 0 saturated carbocycles. The molecule has 3 aromatic rings. The second-order valence-corrected chi connectivity index (χ2v) is 8.16. The number of hydrazine groups is 1. The van der Waals surface area contributed by atoms with Gasteiger partial charge in [0.1, 0.15) is 23.0 Å². The Morgan fingerprint density at radius 1 is 1.12 bits per heavy atom. The van der Waals surface area contributed by atoms with E-state index in [-0.39, 0.29) is 5.56 Å². The van der Waals surface area contributed by atoms with Gasteiger partial charge in [-0.25, -0.2) is 4.79 Å². The van der Waals surface area contributed by atoms with Gasteiger partial charge in [0, 0.05) is 21.0 Å². The minimum absolute atomic E-state index is 0.143. The van der Waals surface area contributed by atoms with Crippen molar-refractivity contribution < 1.29 is 28.6 Å².